The number of aryl methyl sites for hydroxylation is 1. The molecule has 4 aromatic carbocycles. The lowest BCUT2D eigenvalue weighted by atomic mass is 9.97. The molecule has 0 saturated heterocycles. The third-order valence-electron chi connectivity index (χ3n) is 4.97. The largest absolute Gasteiger partial charge is 0.249 e. The number of nitrogens with zero attached hydrogens (tertiary/aromatic N) is 2. The number of hydrogen-bond donors (Lipinski definition) is 0. The van der Waals surface area contributed by atoms with E-state index < -0.39 is 0 Å². The Bertz CT molecular complexity index is 1260. The molecular formula is C25H18N2. The predicted octanol–water partition coefficient (Wildman–Crippen LogP) is 6.43. The third-order valence-corrected chi connectivity index (χ3v) is 4.97. The Hall–Kier alpha value is -3.52. The summed E-state index contributed by atoms with van der Waals surface area (Å²) in [4.78, 5) is 9.81. The summed E-state index contributed by atoms with van der Waals surface area (Å²) >= 11 is 0. The van der Waals surface area contributed by atoms with E-state index in [2.05, 4.69) is 66.7 Å². The van der Waals surface area contributed by atoms with Crippen LogP contribution in [0.1, 0.15) is 5.69 Å². The molecule has 0 aliphatic rings. The van der Waals surface area contributed by atoms with Crippen molar-refractivity contribution in [1.29, 1.82) is 0 Å². The molecule has 0 aliphatic carbocycles. The van der Waals surface area contributed by atoms with Crippen molar-refractivity contribution in [2.45, 2.75) is 6.92 Å². The molecule has 0 aliphatic heterocycles. The Balaban J connectivity index is 1.79. The average Bonchev–Trinajstić information content (AvgIpc) is 2.73. The van der Waals surface area contributed by atoms with Crippen molar-refractivity contribution >= 4 is 21.8 Å². The molecule has 0 N–H and O–H groups in total. The van der Waals surface area contributed by atoms with E-state index in [4.69, 9.17) is 9.97 Å². The quantitative estimate of drug-likeness (QED) is 0.344. The third kappa shape index (κ3) is 2.76. The van der Waals surface area contributed by atoms with Gasteiger partial charge in [0, 0.05) is 5.56 Å². The van der Waals surface area contributed by atoms with Crippen molar-refractivity contribution in [2.24, 2.45) is 0 Å². The van der Waals surface area contributed by atoms with Gasteiger partial charge in [0.05, 0.1) is 22.4 Å². The first-order valence-corrected chi connectivity index (χ1v) is 9.11. The highest BCUT2D eigenvalue weighted by Gasteiger charge is 2.10. The van der Waals surface area contributed by atoms with Gasteiger partial charge in [-0.1, -0.05) is 78.9 Å². The van der Waals surface area contributed by atoms with Gasteiger partial charge >= 0.3 is 0 Å². The zero-order valence-corrected chi connectivity index (χ0v) is 15.1. The Morgan fingerprint density at radius 1 is 0.593 bits per heavy atom. The van der Waals surface area contributed by atoms with E-state index in [9.17, 15) is 0 Å². The lowest BCUT2D eigenvalue weighted by molar-refractivity contribution is 1.19. The number of benzene rings is 4. The van der Waals surface area contributed by atoms with E-state index in [1.54, 1.807) is 0 Å². The standard InChI is InChI=1S/C25H18N2/c1-17-25(19-11-6-3-7-12-19)27-24-16-22-20(15-23(24)26-17)13-8-14-21(22)18-9-4-2-5-10-18/h2-16H,1H3. The normalized spacial score (nSPS) is 11.1. The van der Waals surface area contributed by atoms with Crippen LogP contribution in [0.3, 0.4) is 0 Å². The SMILES string of the molecule is Cc1nc2cc3cccc(-c4ccccc4)c3cc2nc1-c1ccccc1. The first-order chi connectivity index (χ1) is 13.3. The molecule has 2 nitrogen and oxygen atoms in total. The second kappa shape index (κ2) is 6.33. The molecule has 1 aromatic heterocycles. The van der Waals surface area contributed by atoms with Crippen LogP contribution in [-0.2, 0) is 0 Å². The minimum absolute atomic E-state index is 0.926. The highest BCUT2D eigenvalue weighted by molar-refractivity contribution is 6.03. The van der Waals surface area contributed by atoms with E-state index in [1.807, 2.05) is 31.2 Å². The summed E-state index contributed by atoms with van der Waals surface area (Å²) < 4.78 is 0. The fourth-order valence-corrected chi connectivity index (χ4v) is 3.65. The van der Waals surface area contributed by atoms with E-state index in [-0.39, 0.29) is 0 Å². The zero-order chi connectivity index (χ0) is 18.2. The van der Waals surface area contributed by atoms with Crippen LogP contribution in [0.15, 0.2) is 91.0 Å². The molecule has 0 bridgehead atoms. The first kappa shape index (κ1) is 15.7. The van der Waals surface area contributed by atoms with E-state index in [0.717, 1.165) is 28.0 Å². The maximum atomic E-state index is 4.97. The van der Waals surface area contributed by atoms with E-state index in [1.165, 1.54) is 21.9 Å². The average molecular weight is 346 g/mol. The van der Waals surface area contributed by atoms with Gasteiger partial charge in [0.15, 0.2) is 0 Å². The van der Waals surface area contributed by atoms with Crippen LogP contribution in [0.2, 0.25) is 0 Å². The lowest BCUT2D eigenvalue weighted by Crippen LogP contribution is -1.95. The number of fused-ring (bicyclic) bond motifs is 2. The summed E-state index contributed by atoms with van der Waals surface area (Å²) in [5, 5.41) is 2.39. The van der Waals surface area contributed by atoms with Gasteiger partial charge in [-0.05, 0) is 41.0 Å². The number of rotatable bonds is 2. The van der Waals surface area contributed by atoms with Crippen LogP contribution in [0, 0.1) is 6.92 Å². The van der Waals surface area contributed by atoms with Gasteiger partial charge in [0.25, 0.3) is 0 Å². The predicted molar refractivity (Wildman–Crippen MR) is 113 cm³/mol. The number of aromatic nitrogens is 2. The maximum absolute atomic E-state index is 4.97. The first-order valence-electron chi connectivity index (χ1n) is 9.11. The van der Waals surface area contributed by atoms with Crippen LogP contribution >= 0.6 is 0 Å². The molecule has 1 heterocycles. The molecule has 0 fully saturated rings. The van der Waals surface area contributed by atoms with Crippen molar-refractivity contribution in [3.63, 3.8) is 0 Å². The van der Waals surface area contributed by atoms with Gasteiger partial charge < -0.3 is 0 Å². The van der Waals surface area contributed by atoms with Gasteiger partial charge in [-0.15, -0.1) is 0 Å². The molecule has 0 saturated carbocycles. The highest BCUT2D eigenvalue weighted by atomic mass is 14.8. The van der Waals surface area contributed by atoms with Crippen molar-refractivity contribution in [2.75, 3.05) is 0 Å². The zero-order valence-electron chi connectivity index (χ0n) is 15.1. The van der Waals surface area contributed by atoms with Gasteiger partial charge in [0.1, 0.15) is 0 Å². The topological polar surface area (TPSA) is 25.8 Å². The molecule has 5 rings (SSSR count). The number of hydrogen-bond acceptors (Lipinski definition) is 2. The Morgan fingerprint density at radius 2 is 1.26 bits per heavy atom. The van der Waals surface area contributed by atoms with Crippen LogP contribution in [0.4, 0.5) is 0 Å². The van der Waals surface area contributed by atoms with E-state index in [0.29, 0.717) is 0 Å². The second-order valence-electron chi connectivity index (χ2n) is 6.76. The van der Waals surface area contributed by atoms with Crippen LogP contribution in [0.5, 0.6) is 0 Å². The molecular weight excluding hydrogens is 328 g/mol. The van der Waals surface area contributed by atoms with E-state index >= 15 is 0 Å². The minimum Gasteiger partial charge on any atom is -0.249 e. The Morgan fingerprint density at radius 3 is 2.00 bits per heavy atom. The Kier molecular flexibility index (Phi) is 3.68. The van der Waals surface area contributed by atoms with Crippen LogP contribution in [-0.4, -0.2) is 9.97 Å². The summed E-state index contributed by atoms with van der Waals surface area (Å²) in [5.41, 5.74) is 7.29. The van der Waals surface area contributed by atoms with Crippen molar-refractivity contribution in [3.8, 4) is 22.4 Å². The van der Waals surface area contributed by atoms with Gasteiger partial charge in [0.2, 0.25) is 0 Å². The molecule has 5 aromatic rings. The van der Waals surface area contributed by atoms with Crippen molar-refractivity contribution in [1.82, 2.24) is 9.97 Å². The maximum Gasteiger partial charge on any atom is 0.0922 e. The minimum atomic E-state index is 0.926. The molecule has 0 atom stereocenters. The van der Waals surface area contributed by atoms with Gasteiger partial charge in [-0.3, -0.25) is 0 Å². The summed E-state index contributed by atoms with van der Waals surface area (Å²) in [6.07, 6.45) is 0. The Labute approximate surface area is 158 Å². The monoisotopic (exact) mass is 346 g/mol. The van der Waals surface area contributed by atoms with Crippen LogP contribution in [0.25, 0.3) is 44.2 Å². The molecule has 0 unspecified atom stereocenters. The second-order valence-corrected chi connectivity index (χ2v) is 6.76. The van der Waals surface area contributed by atoms with Gasteiger partial charge in [-0.2, -0.15) is 0 Å². The summed E-state index contributed by atoms with van der Waals surface area (Å²) in [5.74, 6) is 0. The van der Waals surface area contributed by atoms with Gasteiger partial charge in [-0.25, -0.2) is 9.97 Å². The molecule has 2 heteroatoms. The lowest BCUT2D eigenvalue weighted by Gasteiger charge is -2.10. The molecule has 0 amide bonds. The van der Waals surface area contributed by atoms with Crippen molar-refractivity contribution in [3.05, 3.63) is 96.7 Å². The summed E-state index contributed by atoms with van der Waals surface area (Å²) in [7, 11) is 0. The highest BCUT2D eigenvalue weighted by Crippen LogP contribution is 2.32. The molecule has 128 valence electrons. The molecule has 0 spiro atoms. The fourth-order valence-electron chi connectivity index (χ4n) is 3.65. The summed E-state index contributed by atoms with van der Waals surface area (Å²) in [6, 6.07) is 31.5. The smallest absolute Gasteiger partial charge is 0.0922 e. The molecule has 27 heavy (non-hydrogen) atoms. The van der Waals surface area contributed by atoms with Crippen molar-refractivity contribution < 1.29 is 0 Å². The van der Waals surface area contributed by atoms with Crippen LogP contribution < -0.4 is 0 Å². The molecule has 0 radical (unpaired) electrons. The summed E-state index contributed by atoms with van der Waals surface area (Å²) in [6.45, 7) is 2.03. The fraction of sp³-hybridized carbons (Fsp3) is 0.0400.